The zero-order valence-corrected chi connectivity index (χ0v) is 14.7. The summed E-state index contributed by atoms with van der Waals surface area (Å²) in [5.41, 5.74) is 2.23. The largest absolute Gasteiger partial charge is 0.489 e. The maximum atomic E-state index is 12.5. The van der Waals surface area contributed by atoms with E-state index in [-0.39, 0.29) is 12.4 Å². The number of fused-ring (bicyclic) bond motifs is 1. The van der Waals surface area contributed by atoms with Crippen LogP contribution in [-0.2, 0) is 6.42 Å². The van der Waals surface area contributed by atoms with E-state index in [2.05, 4.69) is 12.1 Å². The average Bonchev–Trinajstić information content (AvgIpc) is 2.69. The third kappa shape index (κ3) is 4.37. The molecule has 0 atom stereocenters. The first-order valence-corrected chi connectivity index (χ1v) is 8.71. The van der Waals surface area contributed by atoms with Gasteiger partial charge in [0.25, 0.3) is 0 Å². The Kier molecular flexibility index (Phi) is 5.80. The van der Waals surface area contributed by atoms with Gasteiger partial charge in [-0.15, -0.1) is 0 Å². The van der Waals surface area contributed by atoms with E-state index in [1.807, 2.05) is 37.3 Å². The number of hydrogen-bond donors (Lipinski definition) is 0. The second kappa shape index (κ2) is 8.43. The van der Waals surface area contributed by atoms with Crippen molar-refractivity contribution in [1.82, 2.24) is 0 Å². The summed E-state index contributed by atoms with van der Waals surface area (Å²) in [7, 11) is 0. The molecular weight excluding hydrogens is 327 g/mol. The molecule has 0 aliphatic heterocycles. The molecule has 0 aromatic heterocycles. The predicted octanol–water partition coefficient (Wildman–Crippen LogP) is 5.91. The van der Waals surface area contributed by atoms with Crippen LogP contribution in [0.4, 0.5) is 4.39 Å². The van der Waals surface area contributed by atoms with Gasteiger partial charge in [-0.1, -0.05) is 49.4 Å². The number of hydrogen-bond acceptors (Lipinski definition) is 2. The number of halogens is 1. The molecular formula is C23H21FO2. The van der Waals surface area contributed by atoms with Gasteiger partial charge in [0.1, 0.15) is 12.4 Å². The third-order valence-electron chi connectivity index (χ3n) is 4.39. The lowest BCUT2D eigenvalue weighted by Gasteiger charge is -2.08. The summed E-state index contributed by atoms with van der Waals surface area (Å²) in [6.07, 6.45) is 1.55. The van der Waals surface area contributed by atoms with E-state index in [0.29, 0.717) is 36.1 Å². The Balaban J connectivity index is 1.65. The molecule has 0 saturated carbocycles. The van der Waals surface area contributed by atoms with Crippen molar-refractivity contribution in [3.8, 4) is 5.75 Å². The summed E-state index contributed by atoms with van der Waals surface area (Å²) >= 11 is 0. The van der Waals surface area contributed by atoms with Crippen molar-refractivity contribution in [3.63, 3.8) is 0 Å². The van der Waals surface area contributed by atoms with Crippen LogP contribution >= 0.6 is 0 Å². The van der Waals surface area contributed by atoms with Crippen molar-refractivity contribution in [2.45, 2.75) is 19.8 Å². The minimum Gasteiger partial charge on any atom is -0.489 e. The molecule has 26 heavy (non-hydrogen) atoms. The smallest absolute Gasteiger partial charge is 0.167 e. The Morgan fingerprint density at radius 3 is 2.42 bits per heavy atom. The maximum absolute atomic E-state index is 12.5. The van der Waals surface area contributed by atoms with Crippen molar-refractivity contribution in [1.29, 1.82) is 0 Å². The quantitative estimate of drug-likeness (QED) is 0.496. The Morgan fingerprint density at radius 2 is 1.73 bits per heavy atom. The Morgan fingerprint density at radius 1 is 1.00 bits per heavy atom. The van der Waals surface area contributed by atoms with E-state index in [9.17, 15) is 9.18 Å². The molecule has 3 rings (SSSR count). The normalized spacial score (nSPS) is 11.5. The molecule has 2 nitrogen and oxygen atoms in total. The zero-order chi connectivity index (χ0) is 18.4. The van der Waals surface area contributed by atoms with E-state index in [0.717, 1.165) is 10.9 Å². The highest BCUT2D eigenvalue weighted by Gasteiger charge is 2.08. The second-order valence-electron chi connectivity index (χ2n) is 6.22. The van der Waals surface area contributed by atoms with Crippen LogP contribution in [0.25, 0.3) is 10.8 Å². The summed E-state index contributed by atoms with van der Waals surface area (Å²) < 4.78 is 18.1. The summed E-state index contributed by atoms with van der Waals surface area (Å²) in [4.78, 5) is 12.5. The first-order chi connectivity index (χ1) is 12.7. The predicted molar refractivity (Wildman–Crippen MR) is 103 cm³/mol. The number of ether oxygens (including phenoxy) is 1. The number of benzene rings is 3. The van der Waals surface area contributed by atoms with Crippen molar-refractivity contribution >= 4 is 16.6 Å². The van der Waals surface area contributed by atoms with Gasteiger partial charge in [0.15, 0.2) is 5.78 Å². The number of ketones is 1. The van der Waals surface area contributed by atoms with E-state index in [4.69, 9.17) is 4.74 Å². The van der Waals surface area contributed by atoms with Gasteiger partial charge in [-0.05, 0) is 52.6 Å². The summed E-state index contributed by atoms with van der Waals surface area (Å²) in [6.45, 7) is 2.10. The second-order valence-corrected chi connectivity index (χ2v) is 6.22. The molecule has 3 heteroatoms. The lowest BCUT2D eigenvalue weighted by Crippen LogP contribution is -2.04. The van der Waals surface area contributed by atoms with Crippen LogP contribution in [-0.4, -0.2) is 12.4 Å². The molecule has 3 aromatic rings. The van der Waals surface area contributed by atoms with Crippen LogP contribution in [0.3, 0.4) is 0 Å². The number of rotatable bonds is 7. The van der Waals surface area contributed by atoms with Crippen LogP contribution in [0.2, 0.25) is 0 Å². The third-order valence-corrected chi connectivity index (χ3v) is 4.39. The Labute approximate surface area is 152 Å². The molecule has 0 saturated heterocycles. The van der Waals surface area contributed by atoms with Crippen LogP contribution in [0, 0.1) is 0 Å². The van der Waals surface area contributed by atoms with Crippen molar-refractivity contribution in [3.05, 3.63) is 89.8 Å². The van der Waals surface area contributed by atoms with Crippen molar-refractivity contribution in [2.24, 2.45) is 0 Å². The SMILES string of the molecule is CCC(=CF)COc1ccc(C(=O)Cc2ccc3ccccc3c2)cc1. The molecule has 0 heterocycles. The zero-order valence-electron chi connectivity index (χ0n) is 14.7. The van der Waals surface area contributed by atoms with Crippen LogP contribution in [0.1, 0.15) is 29.3 Å². The van der Waals surface area contributed by atoms with E-state index >= 15 is 0 Å². The van der Waals surface area contributed by atoms with Gasteiger partial charge < -0.3 is 4.74 Å². The molecule has 0 amide bonds. The lowest BCUT2D eigenvalue weighted by molar-refractivity contribution is 0.0993. The Hall–Kier alpha value is -2.94. The fourth-order valence-electron chi connectivity index (χ4n) is 2.76. The fraction of sp³-hybridized carbons (Fsp3) is 0.174. The van der Waals surface area contributed by atoms with E-state index in [1.54, 1.807) is 24.3 Å². The van der Waals surface area contributed by atoms with Crippen molar-refractivity contribution in [2.75, 3.05) is 6.61 Å². The molecule has 0 aliphatic carbocycles. The fourth-order valence-corrected chi connectivity index (χ4v) is 2.76. The summed E-state index contributed by atoms with van der Waals surface area (Å²) in [5.74, 6) is 0.685. The molecule has 0 fully saturated rings. The molecule has 0 bridgehead atoms. The van der Waals surface area contributed by atoms with Crippen LogP contribution in [0.5, 0.6) is 5.75 Å². The molecule has 0 aliphatic rings. The maximum Gasteiger partial charge on any atom is 0.167 e. The van der Waals surface area contributed by atoms with Gasteiger partial charge in [0.05, 0.1) is 6.33 Å². The van der Waals surface area contributed by atoms with E-state index in [1.165, 1.54) is 5.39 Å². The van der Waals surface area contributed by atoms with Crippen LogP contribution in [0.15, 0.2) is 78.6 Å². The van der Waals surface area contributed by atoms with Crippen molar-refractivity contribution < 1.29 is 13.9 Å². The van der Waals surface area contributed by atoms with Gasteiger partial charge in [0.2, 0.25) is 0 Å². The lowest BCUT2D eigenvalue weighted by atomic mass is 10.00. The number of Topliss-reactive ketones (excluding diaryl/α,β-unsaturated/α-hetero) is 1. The Bertz CT molecular complexity index is 926. The molecule has 3 aromatic carbocycles. The van der Waals surface area contributed by atoms with Gasteiger partial charge in [-0.3, -0.25) is 4.79 Å². The number of carbonyl (C=O) groups is 1. The number of carbonyl (C=O) groups excluding carboxylic acids is 1. The topological polar surface area (TPSA) is 26.3 Å². The minimum absolute atomic E-state index is 0.0599. The molecule has 0 radical (unpaired) electrons. The standard InChI is InChI=1S/C23H21FO2/c1-2-17(15-24)16-26-22-11-9-20(10-12-22)23(25)14-18-7-8-19-5-3-4-6-21(19)13-18/h3-13,15H,2,14,16H2,1H3. The molecule has 0 spiro atoms. The average molecular weight is 348 g/mol. The molecule has 0 N–H and O–H groups in total. The van der Waals surface area contributed by atoms with E-state index < -0.39 is 0 Å². The highest BCUT2D eigenvalue weighted by atomic mass is 19.1. The van der Waals surface area contributed by atoms with Crippen LogP contribution < -0.4 is 4.74 Å². The first-order valence-electron chi connectivity index (χ1n) is 8.71. The molecule has 0 unspecified atom stereocenters. The van der Waals surface area contributed by atoms with Gasteiger partial charge in [-0.25, -0.2) is 4.39 Å². The minimum atomic E-state index is 0.0599. The van der Waals surface area contributed by atoms with Gasteiger partial charge in [0, 0.05) is 12.0 Å². The first kappa shape index (κ1) is 17.9. The molecule has 132 valence electrons. The highest BCUT2D eigenvalue weighted by Crippen LogP contribution is 2.19. The van der Waals surface area contributed by atoms with Gasteiger partial charge >= 0.3 is 0 Å². The van der Waals surface area contributed by atoms with Gasteiger partial charge in [-0.2, -0.15) is 0 Å². The summed E-state index contributed by atoms with van der Waals surface area (Å²) in [5, 5.41) is 2.30. The highest BCUT2D eigenvalue weighted by molar-refractivity contribution is 5.98. The monoisotopic (exact) mass is 348 g/mol. The summed E-state index contributed by atoms with van der Waals surface area (Å²) in [6, 6.07) is 21.2.